The van der Waals surface area contributed by atoms with Crippen LogP contribution in [-0.4, -0.2) is 22.7 Å². The van der Waals surface area contributed by atoms with Crippen LogP contribution in [0.2, 0.25) is 0 Å². The van der Waals surface area contributed by atoms with E-state index in [2.05, 4.69) is 16.4 Å². The van der Waals surface area contributed by atoms with Gasteiger partial charge in [-0.2, -0.15) is 0 Å². The zero-order valence-electron chi connectivity index (χ0n) is 10.8. The van der Waals surface area contributed by atoms with Crippen LogP contribution in [0.1, 0.15) is 21.5 Å². The third kappa shape index (κ3) is 2.42. The van der Waals surface area contributed by atoms with Crippen LogP contribution in [0.5, 0.6) is 5.75 Å². The average Bonchev–Trinajstić information content (AvgIpc) is 2.92. The number of benzene rings is 1. The first-order valence-electron chi connectivity index (χ1n) is 6.40. The molecule has 0 saturated carbocycles. The van der Waals surface area contributed by atoms with E-state index in [4.69, 9.17) is 9.84 Å². The number of hydrogen-bond donors (Lipinski definition) is 2. The number of carbonyl (C=O) groups is 1. The van der Waals surface area contributed by atoms with Gasteiger partial charge in [0.1, 0.15) is 5.75 Å². The molecule has 0 spiro atoms. The van der Waals surface area contributed by atoms with Crippen molar-refractivity contribution in [1.29, 1.82) is 0 Å². The Morgan fingerprint density at radius 1 is 1.40 bits per heavy atom. The van der Waals surface area contributed by atoms with E-state index in [1.54, 1.807) is 0 Å². The summed E-state index contributed by atoms with van der Waals surface area (Å²) in [6.07, 6.45) is 3.93. The molecule has 0 unspecified atom stereocenters. The zero-order valence-corrected chi connectivity index (χ0v) is 10.8. The second-order valence-corrected chi connectivity index (χ2v) is 4.62. The molecule has 0 radical (unpaired) electrons. The standard InChI is InChI=1S/C15H14N2O3/c18-15(19)12-3-5-16-9-13(12)17-8-10-1-2-14-11(7-10)4-6-20-14/h1-3,5,7,9,17H,4,6,8H2,(H,18,19). The molecule has 1 aromatic heterocycles. The summed E-state index contributed by atoms with van der Waals surface area (Å²) < 4.78 is 5.46. The molecular weight excluding hydrogens is 256 g/mol. The summed E-state index contributed by atoms with van der Waals surface area (Å²) in [5.74, 6) is -0.0152. The summed E-state index contributed by atoms with van der Waals surface area (Å²) in [5.41, 5.74) is 3.05. The van der Waals surface area contributed by atoms with Crippen LogP contribution in [0.4, 0.5) is 5.69 Å². The quantitative estimate of drug-likeness (QED) is 0.892. The smallest absolute Gasteiger partial charge is 0.337 e. The second kappa shape index (κ2) is 5.21. The Balaban J connectivity index is 1.75. The number of hydrogen-bond acceptors (Lipinski definition) is 4. The van der Waals surface area contributed by atoms with Crippen LogP contribution in [0.25, 0.3) is 0 Å². The van der Waals surface area contributed by atoms with E-state index in [0.29, 0.717) is 12.2 Å². The molecule has 2 N–H and O–H groups in total. The fourth-order valence-electron chi connectivity index (χ4n) is 2.27. The second-order valence-electron chi connectivity index (χ2n) is 4.62. The molecule has 5 nitrogen and oxygen atoms in total. The molecule has 0 atom stereocenters. The van der Waals surface area contributed by atoms with Crippen molar-refractivity contribution in [3.05, 3.63) is 53.3 Å². The Hall–Kier alpha value is -2.56. The molecule has 0 bridgehead atoms. The van der Waals surface area contributed by atoms with Gasteiger partial charge in [0.2, 0.25) is 0 Å². The highest BCUT2D eigenvalue weighted by Gasteiger charge is 2.13. The predicted molar refractivity (Wildman–Crippen MR) is 74.2 cm³/mol. The zero-order chi connectivity index (χ0) is 13.9. The van der Waals surface area contributed by atoms with Gasteiger partial charge in [-0.1, -0.05) is 12.1 Å². The van der Waals surface area contributed by atoms with Gasteiger partial charge in [0.25, 0.3) is 0 Å². The number of aromatic carboxylic acids is 1. The largest absolute Gasteiger partial charge is 0.493 e. The minimum Gasteiger partial charge on any atom is -0.493 e. The maximum absolute atomic E-state index is 11.1. The Morgan fingerprint density at radius 3 is 3.15 bits per heavy atom. The number of nitrogens with zero attached hydrogens (tertiary/aromatic N) is 1. The normalized spacial score (nSPS) is 12.6. The maximum Gasteiger partial charge on any atom is 0.337 e. The van der Waals surface area contributed by atoms with Crippen LogP contribution in [0.3, 0.4) is 0 Å². The maximum atomic E-state index is 11.1. The lowest BCUT2D eigenvalue weighted by Gasteiger charge is -2.09. The molecule has 1 aliphatic rings. The number of nitrogens with one attached hydrogen (secondary N) is 1. The minimum absolute atomic E-state index is 0.226. The van der Waals surface area contributed by atoms with E-state index >= 15 is 0 Å². The highest BCUT2D eigenvalue weighted by atomic mass is 16.5. The molecule has 102 valence electrons. The van der Waals surface area contributed by atoms with Gasteiger partial charge in [0.05, 0.1) is 24.1 Å². The number of rotatable bonds is 4. The van der Waals surface area contributed by atoms with Gasteiger partial charge in [-0.3, -0.25) is 4.98 Å². The van der Waals surface area contributed by atoms with E-state index in [1.807, 2.05) is 12.1 Å². The van der Waals surface area contributed by atoms with E-state index in [1.165, 1.54) is 24.0 Å². The van der Waals surface area contributed by atoms with Gasteiger partial charge in [0, 0.05) is 19.2 Å². The first-order chi connectivity index (χ1) is 9.74. The number of ether oxygens (including phenoxy) is 1. The van der Waals surface area contributed by atoms with Crippen molar-refractivity contribution in [3.8, 4) is 5.75 Å². The van der Waals surface area contributed by atoms with Gasteiger partial charge in [-0.05, 0) is 23.3 Å². The summed E-state index contributed by atoms with van der Waals surface area (Å²) in [7, 11) is 0. The van der Waals surface area contributed by atoms with E-state index < -0.39 is 5.97 Å². The molecular formula is C15H14N2O3. The first-order valence-corrected chi connectivity index (χ1v) is 6.40. The van der Waals surface area contributed by atoms with Crippen molar-refractivity contribution in [3.63, 3.8) is 0 Å². The van der Waals surface area contributed by atoms with Gasteiger partial charge >= 0.3 is 5.97 Å². The van der Waals surface area contributed by atoms with Crippen molar-refractivity contribution in [2.24, 2.45) is 0 Å². The first kappa shape index (κ1) is 12.5. The summed E-state index contributed by atoms with van der Waals surface area (Å²) in [4.78, 5) is 15.1. The lowest BCUT2D eigenvalue weighted by atomic mass is 10.1. The number of fused-ring (bicyclic) bond motifs is 1. The predicted octanol–water partition coefficient (Wildman–Crippen LogP) is 2.33. The lowest BCUT2D eigenvalue weighted by Crippen LogP contribution is -2.06. The molecule has 3 rings (SSSR count). The van der Waals surface area contributed by atoms with Crippen molar-refractivity contribution < 1.29 is 14.6 Å². The minimum atomic E-state index is -0.961. The number of anilines is 1. The Morgan fingerprint density at radius 2 is 2.30 bits per heavy atom. The Bertz CT molecular complexity index is 655. The van der Waals surface area contributed by atoms with Crippen LogP contribution < -0.4 is 10.1 Å². The lowest BCUT2D eigenvalue weighted by molar-refractivity contribution is 0.0698. The molecule has 5 heteroatoms. The van der Waals surface area contributed by atoms with Crippen molar-refractivity contribution in [2.75, 3.05) is 11.9 Å². The summed E-state index contributed by atoms with van der Waals surface area (Å²) >= 11 is 0. The third-order valence-corrected chi connectivity index (χ3v) is 3.29. The van der Waals surface area contributed by atoms with Crippen LogP contribution >= 0.6 is 0 Å². The topological polar surface area (TPSA) is 71.5 Å². The fourth-order valence-corrected chi connectivity index (χ4v) is 2.27. The highest BCUT2D eigenvalue weighted by Crippen LogP contribution is 2.26. The van der Waals surface area contributed by atoms with E-state index in [9.17, 15) is 4.79 Å². The number of aromatic nitrogens is 1. The Kier molecular flexibility index (Phi) is 3.25. The van der Waals surface area contributed by atoms with Crippen molar-refractivity contribution >= 4 is 11.7 Å². The molecule has 1 aromatic carbocycles. The molecule has 0 fully saturated rings. The SMILES string of the molecule is O=C(O)c1ccncc1NCc1ccc2c(c1)CCO2. The summed E-state index contributed by atoms with van der Waals surface area (Å²) in [5, 5.41) is 12.2. The fraction of sp³-hybridized carbons (Fsp3) is 0.200. The number of carboxylic acids is 1. The summed E-state index contributed by atoms with van der Waals surface area (Å²) in [6, 6.07) is 7.52. The van der Waals surface area contributed by atoms with Crippen molar-refractivity contribution in [1.82, 2.24) is 4.98 Å². The number of carboxylic acid groups (broad SMARTS) is 1. The van der Waals surface area contributed by atoms with Crippen LogP contribution in [0.15, 0.2) is 36.7 Å². The molecule has 20 heavy (non-hydrogen) atoms. The van der Waals surface area contributed by atoms with Gasteiger partial charge < -0.3 is 15.2 Å². The van der Waals surface area contributed by atoms with E-state index in [-0.39, 0.29) is 5.56 Å². The van der Waals surface area contributed by atoms with E-state index in [0.717, 1.165) is 24.3 Å². The monoisotopic (exact) mass is 270 g/mol. The molecule has 2 heterocycles. The highest BCUT2D eigenvalue weighted by molar-refractivity contribution is 5.93. The van der Waals surface area contributed by atoms with Crippen LogP contribution in [-0.2, 0) is 13.0 Å². The average molecular weight is 270 g/mol. The van der Waals surface area contributed by atoms with Gasteiger partial charge in [-0.15, -0.1) is 0 Å². The molecule has 2 aromatic rings. The molecule has 0 aliphatic carbocycles. The molecule has 0 saturated heterocycles. The summed E-state index contributed by atoms with van der Waals surface area (Å²) in [6.45, 7) is 1.29. The molecule has 1 aliphatic heterocycles. The van der Waals surface area contributed by atoms with Gasteiger partial charge in [0.15, 0.2) is 0 Å². The van der Waals surface area contributed by atoms with Crippen molar-refractivity contribution in [2.45, 2.75) is 13.0 Å². The molecule has 0 amide bonds. The number of pyridine rings is 1. The van der Waals surface area contributed by atoms with Crippen LogP contribution in [0, 0.1) is 0 Å². The Labute approximate surface area is 116 Å². The third-order valence-electron chi connectivity index (χ3n) is 3.29. The van der Waals surface area contributed by atoms with Gasteiger partial charge in [-0.25, -0.2) is 4.79 Å².